The van der Waals surface area contributed by atoms with Crippen molar-refractivity contribution in [2.24, 2.45) is 0 Å². The summed E-state index contributed by atoms with van der Waals surface area (Å²) in [5.74, 6) is 0. The van der Waals surface area contributed by atoms with Gasteiger partial charge in [0.25, 0.3) is 0 Å². The van der Waals surface area contributed by atoms with E-state index in [-0.39, 0.29) is 5.41 Å². The summed E-state index contributed by atoms with van der Waals surface area (Å²) in [6.45, 7) is 4.78. The fourth-order valence-electron chi connectivity index (χ4n) is 9.52. The van der Waals surface area contributed by atoms with Crippen LogP contribution in [0.3, 0.4) is 0 Å². The second-order valence-electron chi connectivity index (χ2n) is 16.6. The third kappa shape index (κ3) is 6.36. The Morgan fingerprint density at radius 3 is 1.07 bits per heavy atom. The molecule has 0 spiro atoms. The van der Waals surface area contributed by atoms with Gasteiger partial charge in [-0.25, -0.2) is 0 Å². The van der Waals surface area contributed by atoms with E-state index in [9.17, 15) is 0 Å². The van der Waals surface area contributed by atoms with Crippen LogP contribution in [0.4, 0.5) is 34.1 Å². The van der Waals surface area contributed by atoms with Crippen LogP contribution in [0.15, 0.2) is 231 Å². The second-order valence-corrected chi connectivity index (χ2v) is 16.6. The summed E-state index contributed by atoms with van der Waals surface area (Å²) in [6, 6.07) is 84.1. The highest BCUT2D eigenvalue weighted by Crippen LogP contribution is 2.53. The average Bonchev–Trinajstić information content (AvgIpc) is 3.55. The first-order valence-electron chi connectivity index (χ1n) is 21.2. The van der Waals surface area contributed by atoms with Crippen molar-refractivity contribution < 1.29 is 0 Å². The minimum Gasteiger partial charge on any atom is -0.310 e. The van der Waals surface area contributed by atoms with Gasteiger partial charge in [0, 0.05) is 38.9 Å². The van der Waals surface area contributed by atoms with Crippen molar-refractivity contribution in [3.63, 3.8) is 0 Å². The number of hydrogen-bond acceptors (Lipinski definition) is 2. The lowest BCUT2D eigenvalue weighted by Gasteiger charge is -2.30. The maximum atomic E-state index is 2.44. The number of hydrogen-bond donors (Lipinski definition) is 0. The van der Waals surface area contributed by atoms with E-state index < -0.39 is 0 Å². The molecule has 10 aromatic carbocycles. The molecule has 2 nitrogen and oxygen atoms in total. The Hall–Kier alpha value is -7.68. The zero-order valence-electron chi connectivity index (χ0n) is 34.3. The summed E-state index contributed by atoms with van der Waals surface area (Å²) < 4.78 is 0. The van der Waals surface area contributed by atoms with Gasteiger partial charge in [0.2, 0.25) is 0 Å². The lowest BCUT2D eigenvalue weighted by Crippen LogP contribution is -2.18. The van der Waals surface area contributed by atoms with Gasteiger partial charge in [-0.3, -0.25) is 0 Å². The first-order valence-corrected chi connectivity index (χ1v) is 21.2. The number of fused-ring (bicyclic) bond motifs is 5. The summed E-state index contributed by atoms with van der Waals surface area (Å²) in [5, 5.41) is 4.88. The Balaban J connectivity index is 1.03. The standard InChI is InChI=1S/C59H44N2/c1-59(2)55-39-49(60(57-25-13-21-45-19-9-11-23-51(45)57)47-31-27-43(28-32-47)41-15-5-3-6-16-41)35-37-53(55)54-38-36-50(40-56(54)59)61(58-26-14-22-46-20-10-12-24-52(46)58)48-33-29-44(30-34-48)42-17-7-4-8-18-42/h3-40H,1-2H3. The average molecular weight is 781 g/mol. The molecule has 1 aliphatic carbocycles. The Morgan fingerprint density at radius 2 is 0.639 bits per heavy atom. The molecule has 0 radical (unpaired) electrons. The van der Waals surface area contributed by atoms with Crippen LogP contribution in [-0.2, 0) is 5.41 Å². The maximum Gasteiger partial charge on any atom is 0.0540 e. The summed E-state index contributed by atoms with van der Waals surface area (Å²) in [4.78, 5) is 4.87. The quantitative estimate of drug-likeness (QED) is 0.152. The smallest absolute Gasteiger partial charge is 0.0540 e. The van der Waals surface area contributed by atoms with E-state index >= 15 is 0 Å². The number of benzene rings is 10. The van der Waals surface area contributed by atoms with E-state index in [4.69, 9.17) is 0 Å². The molecule has 10 aromatic rings. The van der Waals surface area contributed by atoms with E-state index in [1.54, 1.807) is 0 Å². The van der Waals surface area contributed by atoms with Crippen molar-refractivity contribution in [3.8, 4) is 33.4 Å². The fourth-order valence-corrected chi connectivity index (χ4v) is 9.52. The van der Waals surface area contributed by atoms with E-state index in [1.165, 1.54) is 66.1 Å². The molecule has 0 atom stereocenters. The highest BCUT2D eigenvalue weighted by atomic mass is 15.1. The predicted molar refractivity (Wildman–Crippen MR) is 259 cm³/mol. The summed E-state index contributed by atoms with van der Waals surface area (Å²) in [5.41, 5.74) is 16.6. The number of nitrogens with zero attached hydrogens (tertiary/aromatic N) is 2. The van der Waals surface area contributed by atoms with Crippen LogP contribution in [0.2, 0.25) is 0 Å². The van der Waals surface area contributed by atoms with E-state index in [0.29, 0.717) is 0 Å². The number of anilines is 6. The van der Waals surface area contributed by atoms with Gasteiger partial charge in [-0.1, -0.05) is 184 Å². The molecule has 0 unspecified atom stereocenters. The minimum absolute atomic E-state index is 0.264. The summed E-state index contributed by atoms with van der Waals surface area (Å²) >= 11 is 0. The van der Waals surface area contributed by atoms with Gasteiger partial charge in [0.05, 0.1) is 11.4 Å². The normalized spacial score (nSPS) is 12.6. The van der Waals surface area contributed by atoms with Crippen LogP contribution < -0.4 is 9.80 Å². The van der Waals surface area contributed by atoms with Gasteiger partial charge in [-0.05, 0) is 116 Å². The van der Waals surface area contributed by atoms with E-state index in [2.05, 4.69) is 254 Å². The maximum absolute atomic E-state index is 2.44. The summed E-state index contributed by atoms with van der Waals surface area (Å²) in [6.07, 6.45) is 0. The third-order valence-electron chi connectivity index (χ3n) is 12.6. The van der Waals surface area contributed by atoms with Gasteiger partial charge in [0.15, 0.2) is 0 Å². The van der Waals surface area contributed by atoms with Crippen molar-refractivity contribution in [1.82, 2.24) is 0 Å². The van der Waals surface area contributed by atoms with Gasteiger partial charge in [-0.15, -0.1) is 0 Å². The predicted octanol–water partition coefficient (Wildman–Crippen LogP) is 16.6. The molecule has 1 aliphatic rings. The molecule has 0 amide bonds. The monoisotopic (exact) mass is 780 g/mol. The Labute approximate surface area is 358 Å². The fraction of sp³-hybridized carbons (Fsp3) is 0.0508. The largest absolute Gasteiger partial charge is 0.310 e. The Morgan fingerprint density at radius 1 is 0.295 bits per heavy atom. The molecule has 0 N–H and O–H groups in total. The SMILES string of the molecule is CC1(C)c2cc(N(c3ccc(-c4ccccc4)cc3)c3cccc4ccccc34)ccc2-c2ccc(N(c3ccc(-c4ccccc4)cc3)c3cccc4ccccc34)cc21. The molecule has 0 aromatic heterocycles. The lowest BCUT2D eigenvalue weighted by molar-refractivity contribution is 0.660. The number of rotatable bonds is 8. The molecule has 0 bridgehead atoms. The molecule has 0 saturated carbocycles. The minimum atomic E-state index is -0.264. The van der Waals surface area contributed by atoms with Gasteiger partial charge in [0.1, 0.15) is 0 Å². The van der Waals surface area contributed by atoms with Crippen LogP contribution in [0.25, 0.3) is 54.9 Å². The van der Waals surface area contributed by atoms with Crippen LogP contribution >= 0.6 is 0 Å². The van der Waals surface area contributed by atoms with Crippen LogP contribution in [0.1, 0.15) is 25.0 Å². The second kappa shape index (κ2) is 14.9. The summed E-state index contributed by atoms with van der Waals surface area (Å²) in [7, 11) is 0. The Bertz CT molecular complexity index is 2970. The molecular formula is C59H44N2. The van der Waals surface area contributed by atoms with Crippen molar-refractivity contribution >= 4 is 55.7 Å². The molecule has 2 heteroatoms. The van der Waals surface area contributed by atoms with E-state index in [0.717, 1.165) is 34.1 Å². The molecular weight excluding hydrogens is 737 g/mol. The molecule has 0 aliphatic heterocycles. The van der Waals surface area contributed by atoms with Crippen LogP contribution in [-0.4, -0.2) is 0 Å². The van der Waals surface area contributed by atoms with Gasteiger partial charge >= 0.3 is 0 Å². The van der Waals surface area contributed by atoms with Gasteiger partial charge in [-0.2, -0.15) is 0 Å². The zero-order valence-corrected chi connectivity index (χ0v) is 34.3. The zero-order chi connectivity index (χ0) is 40.9. The van der Waals surface area contributed by atoms with Crippen molar-refractivity contribution in [1.29, 1.82) is 0 Å². The van der Waals surface area contributed by atoms with Crippen molar-refractivity contribution in [3.05, 3.63) is 242 Å². The third-order valence-corrected chi connectivity index (χ3v) is 12.6. The first kappa shape index (κ1) is 36.4. The molecule has 61 heavy (non-hydrogen) atoms. The van der Waals surface area contributed by atoms with Crippen LogP contribution in [0, 0.1) is 0 Å². The molecule has 11 rings (SSSR count). The first-order chi connectivity index (χ1) is 30.0. The highest BCUT2D eigenvalue weighted by molar-refractivity contribution is 6.01. The molecule has 0 saturated heterocycles. The van der Waals surface area contributed by atoms with E-state index in [1.807, 2.05) is 0 Å². The Kier molecular flexibility index (Phi) is 8.86. The molecule has 0 fully saturated rings. The lowest BCUT2D eigenvalue weighted by atomic mass is 9.82. The topological polar surface area (TPSA) is 6.48 Å². The molecule has 290 valence electrons. The molecule has 0 heterocycles. The van der Waals surface area contributed by atoms with Crippen LogP contribution in [0.5, 0.6) is 0 Å². The van der Waals surface area contributed by atoms with Gasteiger partial charge < -0.3 is 9.80 Å². The van der Waals surface area contributed by atoms with Crippen molar-refractivity contribution in [2.75, 3.05) is 9.80 Å². The highest BCUT2D eigenvalue weighted by Gasteiger charge is 2.37. The van der Waals surface area contributed by atoms with Crippen molar-refractivity contribution in [2.45, 2.75) is 19.3 Å².